The van der Waals surface area contributed by atoms with Crippen molar-refractivity contribution in [3.05, 3.63) is 17.5 Å². The molecule has 1 aliphatic heterocycles. The van der Waals surface area contributed by atoms with Crippen LogP contribution in [0.5, 0.6) is 0 Å². The SMILES string of the molecule is Cc1cc(C)n(CCC(=O)N2CCC(CCO)C2)n1. The lowest BCUT2D eigenvalue weighted by Gasteiger charge is -2.16. The highest BCUT2D eigenvalue weighted by atomic mass is 16.3. The van der Waals surface area contributed by atoms with Crippen molar-refractivity contribution in [2.24, 2.45) is 5.92 Å². The number of aliphatic hydroxyl groups excluding tert-OH is 1. The Kier molecular flexibility index (Phi) is 4.58. The molecule has 0 radical (unpaired) electrons. The lowest BCUT2D eigenvalue weighted by Crippen LogP contribution is -2.29. The van der Waals surface area contributed by atoms with Crippen LogP contribution in [0.1, 0.15) is 30.7 Å². The molecule has 106 valence electrons. The van der Waals surface area contributed by atoms with Crippen LogP contribution in [-0.2, 0) is 11.3 Å². The van der Waals surface area contributed by atoms with Gasteiger partial charge in [-0.05, 0) is 38.7 Å². The van der Waals surface area contributed by atoms with Crippen LogP contribution in [0.2, 0.25) is 0 Å². The van der Waals surface area contributed by atoms with Gasteiger partial charge in [-0.25, -0.2) is 0 Å². The van der Waals surface area contributed by atoms with Crippen molar-refractivity contribution in [3.63, 3.8) is 0 Å². The molecule has 2 rings (SSSR count). The fourth-order valence-electron chi connectivity index (χ4n) is 2.74. The first kappa shape index (κ1) is 14.1. The molecule has 0 spiro atoms. The van der Waals surface area contributed by atoms with Gasteiger partial charge < -0.3 is 10.0 Å². The molecule has 1 saturated heterocycles. The lowest BCUT2D eigenvalue weighted by molar-refractivity contribution is -0.130. The summed E-state index contributed by atoms with van der Waals surface area (Å²) >= 11 is 0. The van der Waals surface area contributed by atoms with E-state index in [1.807, 2.05) is 29.5 Å². The fourth-order valence-corrected chi connectivity index (χ4v) is 2.74. The number of rotatable bonds is 5. The Bertz CT molecular complexity index is 442. The minimum Gasteiger partial charge on any atom is -0.396 e. The largest absolute Gasteiger partial charge is 0.396 e. The van der Waals surface area contributed by atoms with Crippen LogP contribution >= 0.6 is 0 Å². The zero-order valence-corrected chi connectivity index (χ0v) is 11.8. The van der Waals surface area contributed by atoms with Crippen LogP contribution in [-0.4, -0.2) is 45.4 Å². The van der Waals surface area contributed by atoms with E-state index in [0.29, 0.717) is 18.9 Å². The van der Waals surface area contributed by atoms with Gasteiger partial charge in [0.05, 0.1) is 5.69 Å². The molecule has 5 nitrogen and oxygen atoms in total. The van der Waals surface area contributed by atoms with Crippen LogP contribution in [0.25, 0.3) is 0 Å². The molecule has 5 heteroatoms. The van der Waals surface area contributed by atoms with Crippen molar-refractivity contribution < 1.29 is 9.90 Å². The van der Waals surface area contributed by atoms with Gasteiger partial charge in [-0.1, -0.05) is 0 Å². The molecule has 0 aromatic carbocycles. The summed E-state index contributed by atoms with van der Waals surface area (Å²) in [5, 5.41) is 13.3. The number of aryl methyl sites for hydroxylation is 3. The average molecular weight is 265 g/mol. The summed E-state index contributed by atoms with van der Waals surface area (Å²) in [5.41, 5.74) is 2.10. The van der Waals surface area contributed by atoms with Crippen LogP contribution in [0, 0.1) is 19.8 Å². The molecule has 0 saturated carbocycles. The van der Waals surface area contributed by atoms with Crippen molar-refractivity contribution in [1.82, 2.24) is 14.7 Å². The maximum atomic E-state index is 12.1. The quantitative estimate of drug-likeness (QED) is 0.868. The second-order valence-electron chi connectivity index (χ2n) is 5.41. The first-order valence-corrected chi connectivity index (χ1v) is 7.00. The fraction of sp³-hybridized carbons (Fsp3) is 0.714. The minimum absolute atomic E-state index is 0.202. The predicted molar refractivity (Wildman–Crippen MR) is 72.7 cm³/mol. The van der Waals surface area contributed by atoms with Gasteiger partial charge in [0, 0.05) is 38.4 Å². The third kappa shape index (κ3) is 3.56. The van der Waals surface area contributed by atoms with E-state index >= 15 is 0 Å². The number of carbonyl (C=O) groups is 1. The van der Waals surface area contributed by atoms with Crippen LogP contribution in [0.15, 0.2) is 6.07 Å². The highest BCUT2D eigenvalue weighted by Crippen LogP contribution is 2.19. The minimum atomic E-state index is 0.202. The van der Waals surface area contributed by atoms with E-state index in [-0.39, 0.29) is 12.5 Å². The van der Waals surface area contributed by atoms with E-state index in [4.69, 9.17) is 5.11 Å². The summed E-state index contributed by atoms with van der Waals surface area (Å²) in [6.07, 6.45) is 2.33. The number of carbonyl (C=O) groups excluding carboxylic acids is 1. The van der Waals surface area contributed by atoms with Crippen LogP contribution in [0.3, 0.4) is 0 Å². The Labute approximate surface area is 114 Å². The van der Waals surface area contributed by atoms with E-state index in [1.165, 1.54) is 0 Å². The van der Waals surface area contributed by atoms with E-state index in [2.05, 4.69) is 5.10 Å². The van der Waals surface area contributed by atoms with E-state index in [0.717, 1.165) is 37.3 Å². The number of aliphatic hydroxyl groups is 1. The van der Waals surface area contributed by atoms with Crippen molar-refractivity contribution in [2.75, 3.05) is 19.7 Å². The Morgan fingerprint density at radius 1 is 1.53 bits per heavy atom. The van der Waals surface area contributed by atoms with E-state index in [1.54, 1.807) is 0 Å². The molecule has 1 aromatic heterocycles. The summed E-state index contributed by atoms with van der Waals surface area (Å²) in [6, 6.07) is 2.03. The van der Waals surface area contributed by atoms with Gasteiger partial charge >= 0.3 is 0 Å². The monoisotopic (exact) mass is 265 g/mol. The van der Waals surface area contributed by atoms with Crippen LogP contribution < -0.4 is 0 Å². The number of amides is 1. The van der Waals surface area contributed by atoms with Crippen molar-refractivity contribution in [1.29, 1.82) is 0 Å². The molecular weight excluding hydrogens is 242 g/mol. The van der Waals surface area contributed by atoms with Crippen molar-refractivity contribution in [2.45, 2.75) is 39.7 Å². The molecule has 1 aromatic rings. The summed E-state index contributed by atoms with van der Waals surface area (Å²) in [5.74, 6) is 0.677. The topological polar surface area (TPSA) is 58.4 Å². The number of likely N-dealkylation sites (tertiary alicyclic amines) is 1. The summed E-state index contributed by atoms with van der Waals surface area (Å²) in [6.45, 7) is 6.48. The zero-order chi connectivity index (χ0) is 13.8. The number of hydrogen-bond donors (Lipinski definition) is 1. The van der Waals surface area contributed by atoms with E-state index in [9.17, 15) is 4.79 Å². The van der Waals surface area contributed by atoms with E-state index < -0.39 is 0 Å². The highest BCUT2D eigenvalue weighted by molar-refractivity contribution is 5.76. The Morgan fingerprint density at radius 2 is 2.32 bits per heavy atom. The molecule has 1 aliphatic rings. The first-order valence-electron chi connectivity index (χ1n) is 7.00. The third-order valence-corrected chi connectivity index (χ3v) is 3.82. The van der Waals surface area contributed by atoms with Crippen molar-refractivity contribution in [3.8, 4) is 0 Å². The molecule has 1 amide bonds. The van der Waals surface area contributed by atoms with Gasteiger partial charge in [0.2, 0.25) is 5.91 Å². The maximum absolute atomic E-state index is 12.1. The molecule has 19 heavy (non-hydrogen) atoms. The maximum Gasteiger partial charge on any atom is 0.224 e. The molecule has 1 atom stereocenters. The predicted octanol–water partition coefficient (Wildman–Crippen LogP) is 1.12. The van der Waals surface area contributed by atoms with Crippen LogP contribution in [0.4, 0.5) is 0 Å². The zero-order valence-electron chi connectivity index (χ0n) is 11.8. The van der Waals surface area contributed by atoms with Crippen molar-refractivity contribution >= 4 is 5.91 Å². The summed E-state index contributed by atoms with van der Waals surface area (Å²) < 4.78 is 1.90. The number of aromatic nitrogens is 2. The summed E-state index contributed by atoms with van der Waals surface area (Å²) in [4.78, 5) is 14.0. The molecule has 2 heterocycles. The van der Waals surface area contributed by atoms with Gasteiger partial charge in [-0.15, -0.1) is 0 Å². The number of hydrogen-bond acceptors (Lipinski definition) is 3. The number of nitrogens with zero attached hydrogens (tertiary/aromatic N) is 3. The second-order valence-corrected chi connectivity index (χ2v) is 5.41. The third-order valence-electron chi connectivity index (χ3n) is 3.82. The van der Waals surface area contributed by atoms with Gasteiger partial charge in [-0.2, -0.15) is 5.10 Å². The van der Waals surface area contributed by atoms with Gasteiger partial charge in [0.15, 0.2) is 0 Å². The molecule has 1 N–H and O–H groups in total. The Morgan fingerprint density at radius 3 is 2.95 bits per heavy atom. The summed E-state index contributed by atoms with van der Waals surface area (Å²) in [7, 11) is 0. The molecule has 1 unspecified atom stereocenters. The van der Waals surface area contributed by atoms with Gasteiger partial charge in [0.1, 0.15) is 0 Å². The lowest BCUT2D eigenvalue weighted by atomic mass is 10.1. The normalized spacial score (nSPS) is 19.1. The smallest absolute Gasteiger partial charge is 0.224 e. The highest BCUT2D eigenvalue weighted by Gasteiger charge is 2.25. The first-order chi connectivity index (χ1) is 9.10. The van der Waals surface area contributed by atoms with Gasteiger partial charge in [-0.3, -0.25) is 9.48 Å². The average Bonchev–Trinajstić information content (AvgIpc) is 2.94. The standard InChI is InChI=1S/C14H23N3O2/c1-11-9-12(2)17(15-11)7-4-14(19)16-6-3-13(10-16)5-8-18/h9,13,18H,3-8,10H2,1-2H3. The molecule has 0 aliphatic carbocycles. The van der Waals surface area contributed by atoms with Gasteiger partial charge in [0.25, 0.3) is 0 Å². The Balaban J connectivity index is 1.80. The molecular formula is C14H23N3O2. The molecule has 0 bridgehead atoms. The Hall–Kier alpha value is -1.36. The second kappa shape index (κ2) is 6.19. The molecule has 1 fully saturated rings.